The van der Waals surface area contributed by atoms with Gasteiger partial charge in [-0.3, -0.25) is 0 Å². The van der Waals surface area contributed by atoms with Crippen LogP contribution in [0, 0.1) is 0 Å². The molecule has 0 radical (unpaired) electrons. The monoisotopic (exact) mass is 345 g/mol. The Morgan fingerprint density at radius 3 is 2.84 bits per heavy atom. The summed E-state index contributed by atoms with van der Waals surface area (Å²) in [6.07, 6.45) is 0. The molecule has 0 atom stereocenters. The van der Waals surface area contributed by atoms with Crippen molar-refractivity contribution in [2.75, 3.05) is 14.2 Å². The normalized spacial score (nSPS) is 10.7. The average Bonchev–Trinajstić information content (AvgIpc) is 2.97. The topological polar surface area (TPSA) is 66.2 Å². The third-order valence-electron chi connectivity index (χ3n) is 2.43. The molecule has 2 aromatic rings. The van der Waals surface area contributed by atoms with Crippen LogP contribution in [0.25, 0.3) is 0 Å². The van der Waals surface area contributed by atoms with E-state index in [4.69, 9.17) is 4.74 Å². The standard InChI is InChI=1S/C11H12BrN3O3S/c1-17-6-8-10(11(16)18-2)13-14-15(8)5-7-3-4-9(12)19-7/h3-4H,5-6H2,1-2H3. The van der Waals surface area contributed by atoms with E-state index in [-0.39, 0.29) is 12.3 Å². The fraction of sp³-hybridized carbons (Fsp3) is 0.364. The van der Waals surface area contributed by atoms with Gasteiger partial charge in [0.05, 0.1) is 29.7 Å². The minimum atomic E-state index is -0.509. The van der Waals surface area contributed by atoms with Gasteiger partial charge >= 0.3 is 5.97 Å². The van der Waals surface area contributed by atoms with Crippen molar-refractivity contribution in [2.24, 2.45) is 0 Å². The van der Waals surface area contributed by atoms with Gasteiger partial charge in [0.15, 0.2) is 5.69 Å². The summed E-state index contributed by atoms with van der Waals surface area (Å²) in [7, 11) is 2.87. The van der Waals surface area contributed by atoms with Crippen molar-refractivity contribution in [3.8, 4) is 0 Å². The molecule has 2 heterocycles. The van der Waals surface area contributed by atoms with Crippen LogP contribution >= 0.6 is 27.3 Å². The fourth-order valence-corrected chi connectivity index (χ4v) is 3.04. The number of ether oxygens (including phenoxy) is 2. The SMILES string of the molecule is COCc1c(C(=O)OC)nnn1Cc1ccc(Br)s1. The van der Waals surface area contributed by atoms with Crippen LogP contribution < -0.4 is 0 Å². The second kappa shape index (κ2) is 6.27. The van der Waals surface area contributed by atoms with E-state index >= 15 is 0 Å². The number of aromatic nitrogens is 3. The smallest absolute Gasteiger partial charge is 0.360 e. The van der Waals surface area contributed by atoms with Crippen molar-refractivity contribution < 1.29 is 14.3 Å². The van der Waals surface area contributed by atoms with Crippen molar-refractivity contribution in [3.63, 3.8) is 0 Å². The molecule has 0 spiro atoms. The molecule has 0 aliphatic heterocycles. The number of hydrogen-bond acceptors (Lipinski definition) is 6. The van der Waals surface area contributed by atoms with Crippen molar-refractivity contribution >= 4 is 33.2 Å². The third kappa shape index (κ3) is 3.20. The molecule has 6 nitrogen and oxygen atoms in total. The predicted octanol–water partition coefficient (Wildman–Crippen LogP) is 2.08. The summed E-state index contributed by atoms with van der Waals surface area (Å²) in [5.74, 6) is -0.509. The molecule has 0 aliphatic rings. The summed E-state index contributed by atoms with van der Waals surface area (Å²) in [6, 6.07) is 3.96. The number of rotatable bonds is 5. The van der Waals surface area contributed by atoms with Gasteiger partial charge in [0.2, 0.25) is 0 Å². The van der Waals surface area contributed by atoms with E-state index in [2.05, 4.69) is 31.0 Å². The minimum Gasteiger partial charge on any atom is -0.464 e. The zero-order valence-corrected chi connectivity index (χ0v) is 12.8. The lowest BCUT2D eigenvalue weighted by Crippen LogP contribution is -2.10. The number of halogens is 1. The van der Waals surface area contributed by atoms with E-state index < -0.39 is 5.97 Å². The van der Waals surface area contributed by atoms with Gasteiger partial charge in [-0.25, -0.2) is 9.48 Å². The lowest BCUT2D eigenvalue weighted by molar-refractivity contribution is 0.0588. The Morgan fingerprint density at radius 2 is 2.26 bits per heavy atom. The summed E-state index contributed by atoms with van der Waals surface area (Å²) in [4.78, 5) is 12.7. The van der Waals surface area contributed by atoms with Crippen LogP contribution in [0.4, 0.5) is 0 Å². The van der Waals surface area contributed by atoms with Crippen LogP contribution in [0.3, 0.4) is 0 Å². The van der Waals surface area contributed by atoms with Gasteiger partial charge in [0, 0.05) is 12.0 Å². The van der Waals surface area contributed by atoms with Gasteiger partial charge in [-0.15, -0.1) is 16.4 Å². The Kier molecular flexibility index (Phi) is 4.67. The zero-order chi connectivity index (χ0) is 13.8. The molecular weight excluding hydrogens is 334 g/mol. The van der Waals surface area contributed by atoms with Crippen LogP contribution in [0.1, 0.15) is 21.1 Å². The number of carbonyl (C=O) groups excluding carboxylic acids is 1. The van der Waals surface area contributed by atoms with E-state index in [9.17, 15) is 4.79 Å². The Labute approximate surface area is 122 Å². The second-order valence-electron chi connectivity index (χ2n) is 3.67. The van der Waals surface area contributed by atoms with Gasteiger partial charge in [-0.1, -0.05) is 5.21 Å². The highest BCUT2D eigenvalue weighted by molar-refractivity contribution is 9.11. The van der Waals surface area contributed by atoms with E-state index in [1.54, 1.807) is 23.1 Å². The number of nitrogens with zero attached hydrogens (tertiary/aromatic N) is 3. The van der Waals surface area contributed by atoms with E-state index in [1.165, 1.54) is 7.11 Å². The molecule has 0 aromatic carbocycles. The first kappa shape index (κ1) is 14.2. The summed E-state index contributed by atoms with van der Waals surface area (Å²) in [6.45, 7) is 0.795. The molecular formula is C11H12BrN3O3S. The van der Waals surface area contributed by atoms with E-state index in [1.807, 2.05) is 12.1 Å². The molecule has 0 saturated heterocycles. The molecule has 2 aromatic heterocycles. The Hall–Kier alpha value is -1.25. The van der Waals surface area contributed by atoms with E-state index in [0.29, 0.717) is 12.2 Å². The largest absolute Gasteiger partial charge is 0.464 e. The number of carbonyl (C=O) groups is 1. The Morgan fingerprint density at radius 1 is 1.47 bits per heavy atom. The van der Waals surface area contributed by atoms with Gasteiger partial charge < -0.3 is 9.47 Å². The first-order valence-corrected chi connectivity index (χ1v) is 7.00. The minimum absolute atomic E-state index is 0.194. The molecule has 19 heavy (non-hydrogen) atoms. The molecule has 0 aliphatic carbocycles. The Bertz CT molecular complexity index is 582. The summed E-state index contributed by atoms with van der Waals surface area (Å²) in [5.41, 5.74) is 0.804. The highest BCUT2D eigenvalue weighted by Crippen LogP contribution is 2.23. The summed E-state index contributed by atoms with van der Waals surface area (Å²) < 4.78 is 12.5. The van der Waals surface area contributed by atoms with Crippen LogP contribution in [0.5, 0.6) is 0 Å². The maximum absolute atomic E-state index is 11.6. The maximum Gasteiger partial charge on any atom is 0.360 e. The third-order valence-corrected chi connectivity index (χ3v) is 4.04. The molecule has 0 N–H and O–H groups in total. The number of hydrogen-bond donors (Lipinski definition) is 0. The number of esters is 1. The summed E-state index contributed by atoms with van der Waals surface area (Å²) in [5, 5.41) is 7.85. The predicted molar refractivity (Wildman–Crippen MR) is 73.2 cm³/mol. The first-order valence-electron chi connectivity index (χ1n) is 5.39. The summed E-state index contributed by atoms with van der Waals surface area (Å²) >= 11 is 5.01. The second-order valence-corrected chi connectivity index (χ2v) is 6.22. The van der Waals surface area contributed by atoms with Crippen molar-refractivity contribution in [3.05, 3.63) is 32.2 Å². The first-order chi connectivity index (χ1) is 9.15. The molecule has 8 heteroatoms. The van der Waals surface area contributed by atoms with Gasteiger partial charge in [0.25, 0.3) is 0 Å². The van der Waals surface area contributed by atoms with Crippen molar-refractivity contribution in [1.82, 2.24) is 15.0 Å². The number of thiophene rings is 1. The van der Waals surface area contributed by atoms with Crippen LogP contribution in [0.2, 0.25) is 0 Å². The van der Waals surface area contributed by atoms with Crippen molar-refractivity contribution in [1.29, 1.82) is 0 Å². The highest BCUT2D eigenvalue weighted by Gasteiger charge is 2.20. The highest BCUT2D eigenvalue weighted by atomic mass is 79.9. The molecule has 0 saturated carbocycles. The molecule has 0 unspecified atom stereocenters. The van der Waals surface area contributed by atoms with E-state index in [0.717, 1.165) is 8.66 Å². The van der Waals surface area contributed by atoms with Gasteiger partial charge in [-0.05, 0) is 28.1 Å². The molecule has 0 fully saturated rings. The zero-order valence-electron chi connectivity index (χ0n) is 10.4. The maximum atomic E-state index is 11.6. The van der Waals surface area contributed by atoms with Gasteiger partial charge in [-0.2, -0.15) is 0 Å². The molecule has 0 bridgehead atoms. The lowest BCUT2D eigenvalue weighted by Gasteiger charge is -2.05. The van der Waals surface area contributed by atoms with Crippen LogP contribution in [-0.2, 0) is 22.6 Å². The molecule has 2 rings (SSSR count). The average molecular weight is 346 g/mol. The van der Waals surface area contributed by atoms with Crippen molar-refractivity contribution in [2.45, 2.75) is 13.2 Å². The quantitative estimate of drug-likeness (QED) is 0.776. The van der Waals surface area contributed by atoms with Crippen LogP contribution in [0.15, 0.2) is 15.9 Å². The van der Waals surface area contributed by atoms with Gasteiger partial charge in [0.1, 0.15) is 0 Å². The Balaban J connectivity index is 2.29. The van der Waals surface area contributed by atoms with Crippen LogP contribution in [-0.4, -0.2) is 35.2 Å². The lowest BCUT2D eigenvalue weighted by atomic mass is 10.3. The molecule has 102 valence electrons. The number of methoxy groups -OCH3 is 2. The fourth-order valence-electron chi connectivity index (χ4n) is 1.58. The molecule has 0 amide bonds.